The van der Waals surface area contributed by atoms with Crippen molar-refractivity contribution in [3.8, 4) is 0 Å². The molecule has 96 valence electrons. The van der Waals surface area contributed by atoms with Gasteiger partial charge in [-0.2, -0.15) is 0 Å². The maximum atomic E-state index is 12.0. The highest BCUT2D eigenvalue weighted by atomic mass is 16.6. The molecule has 6 heteroatoms. The lowest BCUT2D eigenvalue weighted by Gasteiger charge is -2.51. The highest BCUT2D eigenvalue weighted by Crippen LogP contribution is 2.51. The maximum absolute atomic E-state index is 12.0. The molecule has 0 aromatic carbocycles. The fourth-order valence-electron chi connectivity index (χ4n) is 3.37. The van der Waals surface area contributed by atoms with Crippen molar-refractivity contribution < 1.29 is 19.9 Å². The van der Waals surface area contributed by atoms with Gasteiger partial charge in [0.05, 0.1) is 5.41 Å². The minimum Gasteiger partial charge on any atom is -0.386 e. The fraction of sp³-hybridized carbons (Fsp3) is 0.909. The lowest BCUT2D eigenvalue weighted by atomic mass is 9.54. The number of rotatable bonds is 1. The van der Waals surface area contributed by atoms with Crippen LogP contribution in [0.25, 0.3) is 0 Å². The molecule has 0 aliphatic heterocycles. The number of Topliss-reactive ketones (excluding diaryl/α,β-unsaturated/α-hetero) is 1. The molecule has 2 rings (SSSR count). The van der Waals surface area contributed by atoms with Crippen LogP contribution in [-0.2, 0) is 4.79 Å². The van der Waals surface area contributed by atoms with E-state index in [1.165, 1.54) is 0 Å². The van der Waals surface area contributed by atoms with Crippen LogP contribution in [0.15, 0.2) is 0 Å². The summed E-state index contributed by atoms with van der Waals surface area (Å²) in [6.45, 7) is 1.59. The second-order valence-corrected chi connectivity index (χ2v) is 5.37. The molecule has 0 bridgehead atoms. The van der Waals surface area contributed by atoms with E-state index in [1.807, 2.05) is 0 Å². The molecule has 2 aliphatic rings. The quantitative estimate of drug-likeness (QED) is 0.508. The molecule has 4 atom stereocenters. The third kappa shape index (κ3) is 1.51. The zero-order chi connectivity index (χ0) is 12.8. The summed E-state index contributed by atoms with van der Waals surface area (Å²) in [5.74, 6) is -0.120. The van der Waals surface area contributed by atoms with Crippen LogP contribution in [0, 0.1) is 15.5 Å². The summed E-state index contributed by atoms with van der Waals surface area (Å²) in [4.78, 5) is 22.4. The Labute approximate surface area is 98.8 Å². The van der Waals surface area contributed by atoms with E-state index in [0.29, 0.717) is 19.3 Å². The summed E-state index contributed by atoms with van der Waals surface area (Å²) in [6.07, 6.45) is 0.345. The molecule has 2 N–H and O–H groups in total. The van der Waals surface area contributed by atoms with Crippen LogP contribution in [0.2, 0.25) is 0 Å². The van der Waals surface area contributed by atoms with Gasteiger partial charge in [-0.15, -0.1) is 0 Å². The Hall–Kier alpha value is -1.01. The molecular formula is C11H17NO5. The summed E-state index contributed by atoms with van der Waals surface area (Å²) < 4.78 is 0. The van der Waals surface area contributed by atoms with Crippen LogP contribution < -0.4 is 0 Å². The molecule has 0 amide bonds. The fourth-order valence-corrected chi connectivity index (χ4v) is 3.37. The van der Waals surface area contributed by atoms with Crippen LogP contribution in [-0.4, -0.2) is 38.7 Å². The molecule has 2 aliphatic carbocycles. The lowest BCUT2D eigenvalue weighted by Crippen LogP contribution is -2.68. The molecule has 0 unspecified atom stereocenters. The predicted octanol–water partition coefficient (Wildman–Crippen LogP) is 0.277. The number of ketones is 1. The second-order valence-electron chi connectivity index (χ2n) is 5.37. The largest absolute Gasteiger partial charge is 0.386 e. The normalized spacial score (nSPS) is 46.4. The van der Waals surface area contributed by atoms with Gasteiger partial charge in [0, 0.05) is 11.3 Å². The number of hydrogen-bond donors (Lipinski definition) is 2. The standard InChI is InChI=1S/C11H17NO5/c1-10-6-4-7(13)9(12(16)17)11(10,15)5-2-3-8(10)14/h7,9,13,15H,2-6H2,1H3/t7-,9-,10-,11+/m0/s1. The number of nitro groups is 1. The van der Waals surface area contributed by atoms with Crippen molar-refractivity contribution in [2.75, 3.05) is 0 Å². The first kappa shape index (κ1) is 12.4. The van der Waals surface area contributed by atoms with Crippen LogP contribution in [0.4, 0.5) is 0 Å². The van der Waals surface area contributed by atoms with Crippen molar-refractivity contribution in [1.29, 1.82) is 0 Å². The van der Waals surface area contributed by atoms with E-state index in [2.05, 4.69) is 0 Å². The first-order chi connectivity index (χ1) is 7.83. The van der Waals surface area contributed by atoms with Crippen molar-refractivity contribution in [3.05, 3.63) is 10.1 Å². The van der Waals surface area contributed by atoms with Crippen LogP contribution in [0.3, 0.4) is 0 Å². The molecule has 6 nitrogen and oxygen atoms in total. The van der Waals surface area contributed by atoms with E-state index in [9.17, 15) is 25.1 Å². The van der Waals surface area contributed by atoms with Crippen molar-refractivity contribution in [2.45, 2.75) is 56.8 Å². The Morgan fingerprint density at radius 1 is 1.47 bits per heavy atom. The number of carbonyl (C=O) groups excluding carboxylic acids is 1. The average molecular weight is 243 g/mol. The first-order valence-electron chi connectivity index (χ1n) is 5.90. The monoisotopic (exact) mass is 243 g/mol. The molecule has 2 fully saturated rings. The summed E-state index contributed by atoms with van der Waals surface area (Å²) in [6, 6.07) is -1.45. The van der Waals surface area contributed by atoms with Gasteiger partial charge in [0.15, 0.2) is 0 Å². The summed E-state index contributed by atoms with van der Waals surface area (Å²) >= 11 is 0. The smallest absolute Gasteiger partial charge is 0.267 e. The molecule has 0 aromatic heterocycles. The van der Waals surface area contributed by atoms with Crippen LogP contribution in [0.1, 0.15) is 39.0 Å². The highest BCUT2D eigenvalue weighted by molar-refractivity contribution is 5.87. The van der Waals surface area contributed by atoms with Gasteiger partial charge >= 0.3 is 0 Å². The number of aliphatic hydroxyl groups excluding tert-OH is 1. The van der Waals surface area contributed by atoms with Crippen LogP contribution in [0.5, 0.6) is 0 Å². The highest BCUT2D eigenvalue weighted by Gasteiger charge is 2.66. The lowest BCUT2D eigenvalue weighted by molar-refractivity contribution is -0.568. The van der Waals surface area contributed by atoms with Gasteiger partial charge in [-0.1, -0.05) is 0 Å². The molecule has 0 radical (unpaired) electrons. The minimum absolute atomic E-state index is 0.120. The summed E-state index contributed by atoms with van der Waals surface area (Å²) in [5, 5.41) is 31.4. The number of carbonyl (C=O) groups is 1. The summed E-state index contributed by atoms with van der Waals surface area (Å²) in [5.41, 5.74) is -2.79. The minimum atomic E-state index is -1.70. The van der Waals surface area contributed by atoms with E-state index >= 15 is 0 Å². The molecule has 0 heterocycles. The molecule has 0 spiro atoms. The first-order valence-corrected chi connectivity index (χ1v) is 5.90. The molecule has 0 aromatic rings. The number of hydrogen-bond acceptors (Lipinski definition) is 5. The van der Waals surface area contributed by atoms with Crippen molar-refractivity contribution in [1.82, 2.24) is 0 Å². The van der Waals surface area contributed by atoms with E-state index in [1.54, 1.807) is 6.92 Å². The molecule has 0 saturated heterocycles. The van der Waals surface area contributed by atoms with Gasteiger partial charge in [-0.3, -0.25) is 14.9 Å². The second kappa shape index (κ2) is 3.74. The molecular weight excluding hydrogens is 226 g/mol. The Morgan fingerprint density at radius 3 is 2.71 bits per heavy atom. The predicted molar refractivity (Wildman–Crippen MR) is 57.9 cm³/mol. The van der Waals surface area contributed by atoms with Crippen molar-refractivity contribution >= 4 is 5.78 Å². The zero-order valence-corrected chi connectivity index (χ0v) is 9.76. The Morgan fingerprint density at radius 2 is 2.12 bits per heavy atom. The molecule has 17 heavy (non-hydrogen) atoms. The van der Waals surface area contributed by atoms with E-state index in [-0.39, 0.29) is 18.6 Å². The van der Waals surface area contributed by atoms with Gasteiger partial charge in [-0.05, 0) is 32.6 Å². The Kier molecular flexibility index (Phi) is 2.74. The average Bonchev–Trinajstić information content (AvgIpc) is 2.22. The Balaban J connectivity index is 2.47. The third-order valence-corrected chi connectivity index (χ3v) is 4.55. The molecule has 2 saturated carbocycles. The maximum Gasteiger partial charge on any atom is 0.267 e. The van der Waals surface area contributed by atoms with E-state index < -0.39 is 28.1 Å². The number of nitrogens with zero attached hydrogens (tertiary/aromatic N) is 1. The zero-order valence-electron chi connectivity index (χ0n) is 9.76. The number of aliphatic hydroxyl groups is 2. The van der Waals surface area contributed by atoms with Gasteiger partial charge in [0.1, 0.15) is 17.5 Å². The van der Waals surface area contributed by atoms with Gasteiger partial charge < -0.3 is 10.2 Å². The van der Waals surface area contributed by atoms with Crippen molar-refractivity contribution in [3.63, 3.8) is 0 Å². The van der Waals surface area contributed by atoms with Gasteiger partial charge in [0.2, 0.25) is 0 Å². The van der Waals surface area contributed by atoms with Gasteiger partial charge in [-0.25, -0.2) is 0 Å². The topological polar surface area (TPSA) is 101 Å². The van der Waals surface area contributed by atoms with Crippen LogP contribution >= 0.6 is 0 Å². The number of fused-ring (bicyclic) bond motifs is 1. The van der Waals surface area contributed by atoms with Crippen molar-refractivity contribution in [2.24, 2.45) is 5.41 Å². The third-order valence-electron chi connectivity index (χ3n) is 4.55. The summed E-state index contributed by atoms with van der Waals surface area (Å²) in [7, 11) is 0. The SMILES string of the molecule is C[C@@]12CC[C@H](O)[C@H]([N+](=O)[O-])[C@]1(O)CCCC2=O. The van der Waals surface area contributed by atoms with E-state index in [0.717, 1.165) is 0 Å². The van der Waals surface area contributed by atoms with E-state index in [4.69, 9.17) is 0 Å². The van der Waals surface area contributed by atoms with Gasteiger partial charge in [0.25, 0.3) is 6.04 Å². The Bertz CT molecular complexity index is 371.